The summed E-state index contributed by atoms with van der Waals surface area (Å²) in [4.78, 5) is 23.1. The number of aryl methyl sites for hydroxylation is 1. The molecule has 0 bridgehead atoms. The number of rotatable bonds is 7. The van der Waals surface area contributed by atoms with Crippen LogP contribution in [0.5, 0.6) is 5.75 Å². The maximum Gasteiger partial charge on any atom is 0.427 e. The molecule has 0 aliphatic carbocycles. The fourth-order valence-electron chi connectivity index (χ4n) is 3.74. The van der Waals surface area contributed by atoms with E-state index in [0.29, 0.717) is 13.8 Å². The van der Waals surface area contributed by atoms with E-state index in [-0.39, 0.29) is 46.3 Å². The normalized spacial score (nSPS) is 16.0. The second-order valence-electron chi connectivity index (χ2n) is 9.14. The highest BCUT2D eigenvalue weighted by Crippen LogP contribution is 2.40. The number of carbonyl (C=O) groups excluding carboxylic acids is 2. The summed E-state index contributed by atoms with van der Waals surface area (Å²) >= 11 is 0. The Morgan fingerprint density at radius 2 is 1.87 bits per heavy atom. The van der Waals surface area contributed by atoms with Crippen LogP contribution in [-0.4, -0.2) is 61.2 Å². The molecule has 0 saturated carbocycles. The molecule has 2 N–H and O–H groups in total. The van der Waals surface area contributed by atoms with Crippen molar-refractivity contribution in [1.82, 2.24) is 15.1 Å². The fourth-order valence-corrected chi connectivity index (χ4v) is 5.60. The topological polar surface area (TPSA) is 132 Å². The van der Waals surface area contributed by atoms with Crippen LogP contribution in [-0.2, 0) is 19.6 Å². The van der Waals surface area contributed by atoms with Gasteiger partial charge in [0, 0.05) is 12.6 Å². The number of hydrogen-bond acceptors (Lipinski definition) is 7. The number of halogens is 5. The van der Waals surface area contributed by atoms with Crippen LogP contribution in [0.25, 0.3) is 0 Å². The van der Waals surface area contributed by atoms with Crippen molar-refractivity contribution in [3.8, 4) is 5.75 Å². The second-order valence-corrected chi connectivity index (χ2v) is 10.9. The maximum atomic E-state index is 13.8. The Bertz CT molecular complexity index is 1380. The molecule has 2 amide bonds. The molecule has 0 unspecified atom stereocenters. The van der Waals surface area contributed by atoms with Crippen LogP contribution in [0.15, 0.2) is 23.1 Å². The molecular weight excluding hydrogens is 557 g/mol. The number of fused-ring (bicyclic) bond motifs is 1. The first-order valence-corrected chi connectivity index (χ1v) is 12.8. The number of benzene rings is 1. The Morgan fingerprint density at radius 3 is 2.41 bits per heavy atom. The maximum absolute atomic E-state index is 13.8. The summed E-state index contributed by atoms with van der Waals surface area (Å²) in [6, 6.07) is 3.60. The molecule has 17 heteroatoms. The number of sulfonamides is 1. The van der Waals surface area contributed by atoms with Gasteiger partial charge in [0.1, 0.15) is 16.7 Å². The van der Waals surface area contributed by atoms with E-state index in [1.54, 1.807) is 0 Å². The Morgan fingerprint density at radius 1 is 1.23 bits per heavy atom. The van der Waals surface area contributed by atoms with Crippen LogP contribution < -0.4 is 19.7 Å². The molecule has 216 valence electrons. The standard InChI is InChI=1S/C22H26F5N5O6S/c1-11-18(12(2)32(30-11)19(23)24)39(35,36)31-10-15(9-28-13(3)33)37-17-7-6-14(8-16(17)31)29-20(34)38-21(4,5)22(25,26)27/h6-8,15,19H,9-10H2,1-5H3,(H,28,33)(H,29,34)/t15-/m0/s1. The van der Waals surface area contributed by atoms with E-state index in [1.165, 1.54) is 26.0 Å². The average Bonchev–Trinajstić information content (AvgIpc) is 3.10. The van der Waals surface area contributed by atoms with Crippen molar-refractivity contribution in [3.63, 3.8) is 0 Å². The minimum absolute atomic E-state index is 0.0220. The summed E-state index contributed by atoms with van der Waals surface area (Å²) in [5.41, 5.74) is -3.64. The van der Waals surface area contributed by atoms with Gasteiger partial charge in [-0.1, -0.05) is 0 Å². The number of nitrogens with zero attached hydrogens (tertiary/aromatic N) is 3. The van der Waals surface area contributed by atoms with E-state index in [4.69, 9.17) is 4.74 Å². The number of carbonyl (C=O) groups is 2. The Balaban J connectivity index is 2.03. The van der Waals surface area contributed by atoms with E-state index in [9.17, 15) is 40.0 Å². The summed E-state index contributed by atoms with van der Waals surface area (Å²) < 4.78 is 105. The van der Waals surface area contributed by atoms with Crippen molar-refractivity contribution in [2.24, 2.45) is 0 Å². The summed E-state index contributed by atoms with van der Waals surface area (Å²) in [6.45, 7) is 1.35. The van der Waals surface area contributed by atoms with Gasteiger partial charge in [-0.2, -0.15) is 27.1 Å². The molecule has 1 atom stereocenters. The molecule has 2 heterocycles. The Labute approximate surface area is 220 Å². The number of nitrogens with one attached hydrogen (secondary N) is 2. The predicted octanol–water partition coefficient (Wildman–Crippen LogP) is 3.88. The lowest BCUT2D eigenvalue weighted by molar-refractivity contribution is -0.242. The van der Waals surface area contributed by atoms with Crippen LogP contribution in [0.3, 0.4) is 0 Å². The van der Waals surface area contributed by atoms with Gasteiger partial charge in [0.25, 0.3) is 10.0 Å². The quantitative estimate of drug-likeness (QED) is 0.473. The molecule has 2 aromatic rings. The van der Waals surface area contributed by atoms with Crippen molar-refractivity contribution in [3.05, 3.63) is 29.6 Å². The number of ether oxygens (including phenoxy) is 2. The van der Waals surface area contributed by atoms with Gasteiger partial charge in [0.15, 0.2) is 0 Å². The highest BCUT2D eigenvalue weighted by atomic mass is 32.2. The number of amides is 2. The zero-order valence-corrected chi connectivity index (χ0v) is 22.2. The first kappa shape index (κ1) is 29.9. The SMILES string of the molecule is CC(=O)NC[C@H]1CN(S(=O)(=O)c2c(C)nn(C(F)F)c2C)c2cc(NC(=O)OC(C)(C)C(F)(F)F)ccc2O1. The first-order valence-electron chi connectivity index (χ1n) is 11.3. The predicted molar refractivity (Wildman–Crippen MR) is 127 cm³/mol. The smallest absolute Gasteiger partial charge is 0.427 e. The number of hydrogen-bond donors (Lipinski definition) is 2. The van der Waals surface area contributed by atoms with Gasteiger partial charge in [0.2, 0.25) is 11.5 Å². The minimum atomic E-state index is -4.86. The third-order valence-corrected chi connectivity index (χ3v) is 7.77. The van der Waals surface area contributed by atoms with Crippen LogP contribution in [0.1, 0.15) is 38.7 Å². The van der Waals surface area contributed by atoms with E-state index in [0.717, 1.165) is 17.3 Å². The van der Waals surface area contributed by atoms with Gasteiger partial charge in [-0.3, -0.25) is 14.4 Å². The second kappa shape index (κ2) is 10.5. The fraction of sp³-hybridized carbons (Fsp3) is 0.500. The van der Waals surface area contributed by atoms with E-state index < -0.39 is 51.3 Å². The number of anilines is 2. The molecule has 0 fully saturated rings. The van der Waals surface area contributed by atoms with Gasteiger partial charge in [-0.15, -0.1) is 0 Å². The number of alkyl halides is 5. The highest BCUT2D eigenvalue weighted by molar-refractivity contribution is 7.93. The van der Waals surface area contributed by atoms with Crippen LogP contribution >= 0.6 is 0 Å². The monoisotopic (exact) mass is 583 g/mol. The van der Waals surface area contributed by atoms with Gasteiger partial charge >= 0.3 is 18.8 Å². The van der Waals surface area contributed by atoms with Gasteiger partial charge in [-0.05, 0) is 45.9 Å². The van der Waals surface area contributed by atoms with Gasteiger partial charge < -0.3 is 14.8 Å². The number of aromatic nitrogens is 2. The lowest BCUT2D eigenvalue weighted by atomic mass is 10.1. The van der Waals surface area contributed by atoms with Crippen molar-refractivity contribution >= 4 is 33.4 Å². The molecule has 0 radical (unpaired) electrons. The van der Waals surface area contributed by atoms with Crippen molar-refractivity contribution in [1.29, 1.82) is 0 Å². The van der Waals surface area contributed by atoms with Crippen LogP contribution in [0.2, 0.25) is 0 Å². The average molecular weight is 584 g/mol. The zero-order chi connectivity index (χ0) is 29.5. The summed E-state index contributed by atoms with van der Waals surface area (Å²) in [5.74, 6) is -0.435. The zero-order valence-electron chi connectivity index (χ0n) is 21.4. The lowest BCUT2D eigenvalue weighted by Gasteiger charge is -2.36. The lowest BCUT2D eigenvalue weighted by Crippen LogP contribution is -2.48. The van der Waals surface area contributed by atoms with Crippen LogP contribution in [0, 0.1) is 13.8 Å². The molecule has 0 saturated heterocycles. The molecule has 0 spiro atoms. The third kappa shape index (κ3) is 6.17. The largest absolute Gasteiger partial charge is 0.484 e. The van der Waals surface area contributed by atoms with Gasteiger partial charge in [-0.25, -0.2) is 17.9 Å². The molecule has 11 nitrogen and oxygen atoms in total. The minimum Gasteiger partial charge on any atom is -0.484 e. The van der Waals surface area contributed by atoms with Crippen LogP contribution in [0.4, 0.5) is 38.1 Å². The van der Waals surface area contributed by atoms with Crippen molar-refractivity contribution in [2.45, 2.75) is 63.9 Å². The summed E-state index contributed by atoms with van der Waals surface area (Å²) in [5, 5.41) is 8.24. The van der Waals surface area contributed by atoms with Crippen molar-refractivity contribution in [2.75, 3.05) is 22.7 Å². The Kier molecular flexibility index (Phi) is 8.06. The van der Waals surface area contributed by atoms with Crippen molar-refractivity contribution < 1.29 is 49.4 Å². The molecular formula is C22H26F5N5O6S. The molecule has 1 aromatic heterocycles. The van der Waals surface area contributed by atoms with E-state index in [2.05, 4.69) is 20.5 Å². The summed E-state index contributed by atoms with van der Waals surface area (Å²) in [7, 11) is -4.58. The Hall–Kier alpha value is -3.63. The molecule has 1 aromatic carbocycles. The first-order chi connectivity index (χ1) is 17.8. The molecule has 1 aliphatic heterocycles. The van der Waals surface area contributed by atoms with Gasteiger partial charge in [0.05, 0.1) is 30.2 Å². The molecule has 1 aliphatic rings. The van der Waals surface area contributed by atoms with E-state index >= 15 is 0 Å². The third-order valence-electron chi connectivity index (χ3n) is 5.74. The van der Waals surface area contributed by atoms with E-state index in [1.807, 2.05) is 0 Å². The highest BCUT2D eigenvalue weighted by Gasteiger charge is 2.51. The summed E-state index contributed by atoms with van der Waals surface area (Å²) in [6.07, 6.45) is -7.23. The molecule has 39 heavy (non-hydrogen) atoms. The molecule has 3 rings (SSSR count).